The molecule has 0 radical (unpaired) electrons. The highest BCUT2D eigenvalue weighted by Gasteiger charge is 2.34. The summed E-state index contributed by atoms with van der Waals surface area (Å²) in [5.74, 6) is -0.798. The minimum Gasteiger partial charge on any atom is -0.352 e. The van der Waals surface area contributed by atoms with E-state index in [-0.39, 0.29) is 11.4 Å². The first-order chi connectivity index (χ1) is 14.7. The zero-order valence-electron chi connectivity index (χ0n) is 17.0. The molecule has 0 atom stereocenters. The molecule has 0 aromatic heterocycles. The van der Waals surface area contributed by atoms with Crippen LogP contribution in [-0.4, -0.2) is 38.3 Å². The van der Waals surface area contributed by atoms with Gasteiger partial charge in [0.25, 0.3) is 5.91 Å². The Labute approximate surface area is 180 Å². The molecule has 1 fully saturated rings. The molecule has 0 saturated carbocycles. The van der Waals surface area contributed by atoms with Gasteiger partial charge in [-0.3, -0.25) is 4.79 Å². The van der Waals surface area contributed by atoms with Gasteiger partial charge < -0.3 is 5.32 Å². The molecule has 2 aromatic rings. The maximum absolute atomic E-state index is 13.1. The van der Waals surface area contributed by atoms with Crippen LogP contribution in [0.1, 0.15) is 47.2 Å². The first-order valence-electron chi connectivity index (χ1n) is 10.2. The molecule has 1 heterocycles. The average molecular weight is 455 g/mol. The van der Waals surface area contributed by atoms with Crippen molar-refractivity contribution in [1.82, 2.24) is 9.62 Å². The Morgan fingerprint density at radius 2 is 1.55 bits per heavy atom. The molecule has 1 N–H and O–H groups in total. The van der Waals surface area contributed by atoms with Crippen LogP contribution in [0.3, 0.4) is 0 Å². The van der Waals surface area contributed by atoms with Crippen molar-refractivity contribution >= 4 is 15.9 Å². The normalized spacial score (nSPS) is 16.0. The number of amides is 1. The largest absolute Gasteiger partial charge is 0.417 e. The van der Waals surface area contributed by atoms with Crippen molar-refractivity contribution in [2.75, 3.05) is 19.6 Å². The number of benzene rings is 2. The molecule has 31 heavy (non-hydrogen) atoms. The van der Waals surface area contributed by atoms with Crippen LogP contribution in [0.2, 0.25) is 0 Å². The highest BCUT2D eigenvalue weighted by Crippen LogP contribution is 2.31. The highest BCUT2D eigenvalue weighted by molar-refractivity contribution is 7.89. The lowest BCUT2D eigenvalue weighted by atomic mass is 10.1. The van der Waals surface area contributed by atoms with Gasteiger partial charge in [-0.1, -0.05) is 37.1 Å². The summed E-state index contributed by atoms with van der Waals surface area (Å²) >= 11 is 0. The molecule has 1 amide bonds. The number of hydrogen-bond acceptors (Lipinski definition) is 3. The number of hydrogen-bond donors (Lipinski definition) is 1. The van der Waals surface area contributed by atoms with Crippen LogP contribution in [-0.2, 0) is 22.6 Å². The molecule has 2 aromatic carbocycles. The van der Waals surface area contributed by atoms with E-state index in [1.54, 1.807) is 12.1 Å². The van der Waals surface area contributed by atoms with Crippen LogP contribution in [0, 0.1) is 0 Å². The first kappa shape index (κ1) is 23.3. The Hall–Kier alpha value is -2.39. The van der Waals surface area contributed by atoms with Crippen LogP contribution < -0.4 is 5.32 Å². The number of rotatable bonds is 6. The minimum absolute atomic E-state index is 0.128. The third-order valence-corrected chi connectivity index (χ3v) is 7.22. The van der Waals surface area contributed by atoms with Crippen LogP contribution in [0.25, 0.3) is 0 Å². The van der Waals surface area contributed by atoms with Crippen LogP contribution >= 0.6 is 0 Å². The molecule has 5 nitrogen and oxygen atoms in total. The number of alkyl halides is 3. The molecule has 0 aliphatic carbocycles. The number of nitrogens with zero attached hydrogens (tertiary/aromatic N) is 1. The van der Waals surface area contributed by atoms with Gasteiger partial charge in [0.1, 0.15) is 0 Å². The zero-order valence-corrected chi connectivity index (χ0v) is 17.8. The number of nitrogens with one attached hydrogen (secondary N) is 1. The number of carbonyl (C=O) groups excluding carboxylic acids is 1. The molecule has 0 spiro atoms. The van der Waals surface area contributed by atoms with Gasteiger partial charge in [0, 0.05) is 19.6 Å². The van der Waals surface area contributed by atoms with Crippen molar-refractivity contribution in [2.24, 2.45) is 0 Å². The van der Waals surface area contributed by atoms with Gasteiger partial charge in [0.15, 0.2) is 0 Å². The Kier molecular flexibility index (Phi) is 7.38. The van der Waals surface area contributed by atoms with E-state index >= 15 is 0 Å². The van der Waals surface area contributed by atoms with Gasteiger partial charge in [-0.15, -0.1) is 0 Å². The second-order valence-corrected chi connectivity index (χ2v) is 9.45. The molecule has 168 valence electrons. The first-order valence-corrected chi connectivity index (χ1v) is 11.7. The Morgan fingerprint density at radius 1 is 0.935 bits per heavy atom. The standard InChI is InChI=1S/C22H25F3N2O3S/c23-22(24,25)20-8-4-3-7-19(20)21(28)26-14-13-17-9-11-18(12-10-17)31(29,30)27-15-5-1-2-6-16-27/h3-4,7-12H,1-2,5-6,13-16H2,(H,26,28). The summed E-state index contributed by atoms with van der Waals surface area (Å²) in [5.41, 5.74) is -0.622. The molecule has 0 bridgehead atoms. The molecule has 9 heteroatoms. The quantitative estimate of drug-likeness (QED) is 0.710. The summed E-state index contributed by atoms with van der Waals surface area (Å²) in [4.78, 5) is 12.4. The van der Waals surface area contributed by atoms with Gasteiger partial charge in [0.05, 0.1) is 16.0 Å². The van der Waals surface area contributed by atoms with Gasteiger partial charge in [-0.05, 0) is 49.1 Å². The van der Waals surface area contributed by atoms with Crippen LogP contribution in [0.4, 0.5) is 13.2 Å². The van der Waals surface area contributed by atoms with E-state index in [1.165, 1.54) is 28.6 Å². The second kappa shape index (κ2) is 9.82. The topological polar surface area (TPSA) is 66.5 Å². The van der Waals surface area contributed by atoms with Crippen molar-refractivity contribution in [3.8, 4) is 0 Å². The van der Waals surface area contributed by atoms with Gasteiger partial charge in [-0.2, -0.15) is 17.5 Å². The van der Waals surface area contributed by atoms with Crippen molar-refractivity contribution in [1.29, 1.82) is 0 Å². The van der Waals surface area contributed by atoms with E-state index in [4.69, 9.17) is 0 Å². The lowest BCUT2D eigenvalue weighted by molar-refractivity contribution is -0.137. The predicted molar refractivity (Wildman–Crippen MR) is 111 cm³/mol. The molecular formula is C22H25F3N2O3S. The van der Waals surface area contributed by atoms with E-state index in [0.29, 0.717) is 19.5 Å². The second-order valence-electron chi connectivity index (χ2n) is 7.51. The predicted octanol–water partition coefficient (Wildman–Crippen LogP) is 4.24. The minimum atomic E-state index is -4.61. The van der Waals surface area contributed by atoms with Crippen molar-refractivity contribution in [3.63, 3.8) is 0 Å². The molecule has 1 aliphatic rings. The third kappa shape index (κ3) is 5.86. The van der Waals surface area contributed by atoms with E-state index in [1.807, 2.05) is 0 Å². The highest BCUT2D eigenvalue weighted by atomic mass is 32.2. The maximum atomic E-state index is 13.1. The fourth-order valence-corrected chi connectivity index (χ4v) is 5.12. The molecular weight excluding hydrogens is 429 g/mol. The van der Waals surface area contributed by atoms with Crippen molar-refractivity contribution < 1.29 is 26.4 Å². The monoisotopic (exact) mass is 454 g/mol. The third-order valence-electron chi connectivity index (χ3n) is 5.30. The van der Waals surface area contributed by atoms with E-state index in [2.05, 4.69) is 5.32 Å². The average Bonchev–Trinajstić information content (AvgIpc) is 3.04. The summed E-state index contributed by atoms with van der Waals surface area (Å²) < 4.78 is 66.3. The summed E-state index contributed by atoms with van der Waals surface area (Å²) in [6.07, 6.45) is -0.468. The SMILES string of the molecule is O=C(NCCc1ccc(S(=O)(=O)N2CCCCCC2)cc1)c1ccccc1C(F)(F)F. The smallest absolute Gasteiger partial charge is 0.352 e. The van der Waals surface area contributed by atoms with E-state index in [0.717, 1.165) is 43.4 Å². The number of halogens is 3. The van der Waals surface area contributed by atoms with Crippen LogP contribution in [0.15, 0.2) is 53.4 Å². The van der Waals surface area contributed by atoms with Crippen LogP contribution in [0.5, 0.6) is 0 Å². The molecule has 1 aliphatic heterocycles. The maximum Gasteiger partial charge on any atom is 0.417 e. The Morgan fingerprint density at radius 3 is 2.16 bits per heavy atom. The zero-order chi connectivity index (χ0) is 22.5. The summed E-state index contributed by atoms with van der Waals surface area (Å²) in [5, 5.41) is 2.50. The van der Waals surface area contributed by atoms with Gasteiger partial charge >= 0.3 is 6.18 Å². The molecule has 1 saturated heterocycles. The number of sulfonamides is 1. The summed E-state index contributed by atoms with van der Waals surface area (Å²) in [6, 6.07) is 11.0. The summed E-state index contributed by atoms with van der Waals surface area (Å²) in [7, 11) is -3.53. The Bertz CT molecular complexity index is 997. The van der Waals surface area contributed by atoms with Gasteiger partial charge in [0.2, 0.25) is 10.0 Å². The molecule has 0 unspecified atom stereocenters. The Balaban J connectivity index is 1.59. The molecule has 3 rings (SSSR count). The van der Waals surface area contributed by atoms with Crippen molar-refractivity contribution in [2.45, 2.75) is 43.2 Å². The fourth-order valence-electron chi connectivity index (χ4n) is 3.60. The van der Waals surface area contributed by atoms with E-state index in [9.17, 15) is 26.4 Å². The van der Waals surface area contributed by atoms with Gasteiger partial charge in [-0.25, -0.2) is 8.42 Å². The number of carbonyl (C=O) groups is 1. The lowest BCUT2D eigenvalue weighted by Crippen LogP contribution is -2.31. The van der Waals surface area contributed by atoms with Crippen molar-refractivity contribution in [3.05, 3.63) is 65.2 Å². The lowest BCUT2D eigenvalue weighted by Gasteiger charge is -2.20. The fraction of sp³-hybridized carbons (Fsp3) is 0.409. The summed E-state index contributed by atoms with van der Waals surface area (Å²) in [6.45, 7) is 1.17. The van der Waals surface area contributed by atoms with E-state index < -0.39 is 33.2 Å².